The Balaban J connectivity index is 1.52. The molecule has 0 unspecified atom stereocenters. The molecule has 6 nitrogen and oxygen atoms in total. The van der Waals surface area contributed by atoms with Gasteiger partial charge in [-0.2, -0.15) is 0 Å². The van der Waals surface area contributed by atoms with E-state index in [2.05, 4.69) is 26.9 Å². The molecule has 0 amide bonds. The van der Waals surface area contributed by atoms with Crippen molar-refractivity contribution in [1.29, 1.82) is 0 Å². The summed E-state index contributed by atoms with van der Waals surface area (Å²) in [6.07, 6.45) is 0. The molecule has 0 bridgehead atoms. The SMILES string of the molecule is CCN(Cc1nc2ccccc2c(=O)[nH]1)Cc1cc(-c2ccccc2)no1. The predicted octanol–water partition coefficient (Wildman–Crippen LogP) is 3.60. The van der Waals surface area contributed by atoms with Crippen LogP contribution in [0.25, 0.3) is 22.2 Å². The van der Waals surface area contributed by atoms with E-state index in [1.807, 2.05) is 54.6 Å². The highest BCUT2D eigenvalue weighted by Crippen LogP contribution is 2.19. The van der Waals surface area contributed by atoms with Gasteiger partial charge >= 0.3 is 0 Å². The number of nitrogens with one attached hydrogen (secondary N) is 1. The smallest absolute Gasteiger partial charge is 0.258 e. The summed E-state index contributed by atoms with van der Waals surface area (Å²) in [5, 5.41) is 4.76. The van der Waals surface area contributed by atoms with Gasteiger partial charge in [0.15, 0.2) is 5.76 Å². The number of aromatic amines is 1. The quantitative estimate of drug-likeness (QED) is 0.569. The van der Waals surface area contributed by atoms with Gasteiger partial charge in [0.05, 0.1) is 24.0 Å². The third kappa shape index (κ3) is 3.80. The van der Waals surface area contributed by atoms with Crippen LogP contribution < -0.4 is 5.56 Å². The second-order valence-corrected chi connectivity index (χ2v) is 6.38. The van der Waals surface area contributed by atoms with Crippen LogP contribution in [-0.2, 0) is 13.1 Å². The average Bonchev–Trinajstić information content (AvgIpc) is 3.17. The van der Waals surface area contributed by atoms with Crippen LogP contribution >= 0.6 is 0 Å². The normalized spacial score (nSPS) is 11.3. The topological polar surface area (TPSA) is 75.0 Å². The lowest BCUT2D eigenvalue weighted by molar-refractivity contribution is 0.229. The van der Waals surface area contributed by atoms with E-state index in [9.17, 15) is 4.79 Å². The first-order valence-electron chi connectivity index (χ1n) is 8.94. The molecule has 2 aromatic carbocycles. The highest BCUT2D eigenvalue weighted by Gasteiger charge is 2.13. The fourth-order valence-electron chi connectivity index (χ4n) is 3.05. The average molecular weight is 360 g/mol. The molecule has 4 aromatic rings. The van der Waals surface area contributed by atoms with E-state index in [1.54, 1.807) is 6.07 Å². The van der Waals surface area contributed by atoms with Crippen LogP contribution in [-0.4, -0.2) is 26.6 Å². The molecule has 0 atom stereocenters. The van der Waals surface area contributed by atoms with Crippen molar-refractivity contribution in [3.63, 3.8) is 0 Å². The van der Waals surface area contributed by atoms with Crippen molar-refractivity contribution >= 4 is 10.9 Å². The summed E-state index contributed by atoms with van der Waals surface area (Å²) < 4.78 is 5.50. The number of fused-ring (bicyclic) bond motifs is 1. The van der Waals surface area contributed by atoms with E-state index >= 15 is 0 Å². The van der Waals surface area contributed by atoms with E-state index in [0.29, 0.717) is 29.8 Å². The number of nitrogens with zero attached hydrogens (tertiary/aromatic N) is 3. The van der Waals surface area contributed by atoms with Crippen molar-refractivity contribution in [2.45, 2.75) is 20.0 Å². The van der Waals surface area contributed by atoms with Gasteiger partial charge in [-0.15, -0.1) is 0 Å². The number of para-hydroxylation sites is 1. The van der Waals surface area contributed by atoms with Gasteiger partial charge in [0.1, 0.15) is 11.5 Å². The van der Waals surface area contributed by atoms with Gasteiger partial charge in [0.2, 0.25) is 0 Å². The fraction of sp³-hybridized carbons (Fsp3) is 0.190. The van der Waals surface area contributed by atoms with Crippen molar-refractivity contribution in [3.05, 3.63) is 82.6 Å². The van der Waals surface area contributed by atoms with Gasteiger partial charge in [0.25, 0.3) is 5.56 Å². The number of hydrogen-bond donors (Lipinski definition) is 1. The van der Waals surface area contributed by atoms with Crippen LogP contribution in [0.15, 0.2) is 70.0 Å². The lowest BCUT2D eigenvalue weighted by Gasteiger charge is -2.18. The molecule has 0 fully saturated rings. The van der Waals surface area contributed by atoms with E-state index in [4.69, 9.17) is 4.52 Å². The van der Waals surface area contributed by atoms with Crippen molar-refractivity contribution in [2.24, 2.45) is 0 Å². The van der Waals surface area contributed by atoms with Crippen LogP contribution in [0.3, 0.4) is 0 Å². The molecule has 2 aromatic heterocycles. The molecule has 0 saturated carbocycles. The van der Waals surface area contributed by atoms with E-state index in [-0.39, 0.29) is 5.56 Å². The Labute approximate surface area is 156 Å². The number of aromatic nitrogens is 3. The first-order valence-corrected chi connectivity index (χ1v) is 8.94. The Bertz CT molecular complexity index is 1100. The zero-order chi connectivity index (χ0) is 18.6. The van der Waals surface area contributed by atoms with Crippen molar-refractivity contribution in [1.82, 2.24) is 20.0 Å². The summed E-state index contributed by atoms with van der Waals surface area (Å²) in [7, 11) is 0. The maximum Gasteiger partial charge on any atom is 0.258 e. The van der Waals surface area contributed by atoms with Gasteiger partial charge in [-0.3, -0.25) is 9.69 Å². The second-order valence-electron chi connectivity index (χ2n) is 6.38. The Kier molecular flexibility index (Phi) is 4.80. The highest BCUT2D eigenvalue weighted by atomic mass is 16.5. The summed E-state index contributed by atoms with van der Waals surface area (Å²) in [5.41, 5.74) is 2.44. The third-order valence-electron chi connectivity index (χ3n) is 4.49. The molecule has 0 saturated heterocycles. The van der Waals surface area contributed by atoms with Crippen molar-refractivity contribution < 1.29 is 4.52 Å². The number of rotatable bonds is 6. The summed E-state index contributed by atoms with van der Waals surface area (Å²) in [6, 6.07) is 19.2. The monoisotopic (exact) mass is 360 g/mol. The minimum Gasteiger partial charge on any atom is -0.359 e. The van der Waals surface area contributed by atoms with Crippen molar-refractivity contribution in [2.75, 3.05) is 6.54 Å². The third-order valence-corrected chi connectivity index (χ3v) is 4.49. The Morgan fingerprint density at radius 3 is 2.63 bits per heavy atom. The minimum atomic E-state index is -0.113. The standard InChI is InChI=1S/C21H20N4O2/c1-2-25(13-16-12-19(24-27-16)15-8-4-3-5-9-15)14-20-22-18-11-7-6-10-17(18)21(26)23-20/h3-12H,2,13-14H2,1H3,(H,22,23,26). The molecular weight excluding hydrogens is 340 g/mol. The zero-order valence-corrected chi connectivity index (χ0v) is 15.1. The van der Waals surface area contributed by atoms with Crippen LogP contribution in [0.5, 0.6) is 0 Å². The maximum atomic E-state index is 12.2. The van der Waals surface area contributed by atoms with Gasteiger partial charge in [-0.25, -0.2) is 4.98 Å². The summed E-state index contributed by atoms with van der Waals surface area (Å²) in [6.45, 7) is 3.97. The van der Waals surface area contributed by atoms with Gasteiger partial charge in [-0.1, -0.05) is 54.5 Å². The first kappa shape index (κ1) is 17.2. The summed E-state index contributed by atoms with van der Waals surface area (Å²) in [5.74, 6) is 1.42. The Morgan fingerprint density at radius 2 is 1.81 bits per heavy atom. The van der Waals surface area contributed by atoms with E-state index in [0.717, 1.165) is 23.6 Å². The summed E-state index contributed by atoms with van der Waals surface area (Å²) in [4.78, 5) is 21.8. The molecule has 2 heterocycles. The minimum absolute atomic E-state index is 0.113. The van der Waals surface area contributed by atoms with Crippen LogP contribution in [0, 0.1) is 0 Å². The number of benzene rings is 2. The molecule has 0 aliphatic rings. The fourth-order valence-corrected chi connectivity index (χ4v) is 3.05. The lowest BCUT2D eigenvalue weighted by atomic mass is 10.1. The van der Waals surface area contributed by atoms with Gasteiger partial charge in [0, 0.05) is 11.6 Å². The van der Waals surface area contributed by atoms with Gasteiger partial charge < -0.3 is 9.51 Å². The van der Waals surface area contributed by atoms with E-state index in [1.165, 1.54) is 0 Å². The molecular formula is C21H20N4O2. The molecule has 0 spiro atoms. The molecule has 4 rings (SSSR count). The maximum absolute atomic E-state index is 12.2. The molecule has 136 valence electrons. The largest absolute Gasteiger partial charge is 0.359 e. The Hall–Kier alpha value is -3.25. The molecule has 6 heteroatoms. The second kappa shape index (κ2) is 7.55. The molecule has 1 N–H and O–H groups in total. The van der Waals surface area contributed by atoms with Gasteiger partial charge in [-0.05, 0) is 18.7 Å². The molecule has 0 aliphatic carbocycles. The van der Waals surface area contributed by atoms with Crippen LogP contribution in [0.1, 0.15) is 18.5 Å². The number of hydrogen-bond acceptors (Lipinski definition) is 5. The lowest BCUT2D eigenvalue weighted by Crippen LogP contribution is -2.25. The van der Waals surface area contributed by atoms with E-state index < -0.39 is 0 Å². The number of H-pyrrole nitrogens is 1. The zero-order valence-electron chi connectivity index (χ0n) is 15.1. The Morgan fingerprint density at radius 1 is 1.04 bits per heavy atom. The molecule has 27 heavy (non-hydrogen) atoms. The van der Waals surface area contributed by atoms with Crippen molar-refractivity contribution in [3.8, 4) is 11.3 Å². The molecule has 0 aliphatic heterocycles. The highest BCUT2D eigenvalue weighted by molar-refractivity contribution is 5.77. The first-order chi connectivity index (χ1) is 13.2. The summed E-state index contributed by atoms with van der Waals surface area (Å²) >= 11 is 0. The molecule has 0 radical (unpaired) electrons. The van der Waals surface area contributed by atoms with Crippen LogP contribution in [0.2, 0.25) is 0 Å². The predicted molar refractivity (Wildman–Crippen MR) is 104 cm³/mol. The van der Waals surface area contributed by atoms with Crippen LogP contribution in [0.4, 0.5) is 0 Å².